The Morgan fingerprint density at radius 2 is 2.58 bits per heavy atom. The zero-order valence-corrected chi connectivity index (χ0v) is 11.9. The maximum absolute atomic E-state index is 10.9. The Labute approximate surface area is 117 Å². The molecule has 19 heavy (non-hydrogen) atoms. The van der Waals surface area contributed by atoms with Crippen molar-refractivity contribution < 1.29 is 9.53 Å². The molecule has 106 valence electrons. The Morgan fingerprint density at radius 3 is 3.26 bits per heavy atom. The summed E-state index contributed by atoms with van der Waals surface area (Å²) in [6.07, 6.45) is 2.04. The van der Waals surface area contributed by atoms with Gasteiger partial charge in [-0.2, -0.15) is 0 Å². The van der Waals surface area contributed by atoms with E-state index >= 15 is 0 Å². The monoisotopic (exact) mass is 284 g/mol. The van der Waals surface area contributed by atoms with Crippen molar-refractivity contribution in [2.24, 2.45) is 5.73 Å². The van der Waals surface area contributed by atoms with Crippen molar-refractivity contribution >= 4 is 17.2 Å². The highest BCUT2D eigenvalue weighted by molar-refractivity contribution is 7.09. The van der Waals surface area contributed by atoms with Crippen molar-refractivity contribution in [2.75, 3.05) is 39.8 Å². The molecule has 1 fully saturated rings. The quantitative estimate of drug-likeness (QED) is 0.781. The smallest absolute Gasteiger partial charge is 0.231 e. The number of amides is 1. The lowest BCUT2D eigenvalue weighted by Gasteiger charge is -2.34. The van der Waals surface area contributed by atoms with Crippen molar-refractivity contribution in [1.29, 1.82) is 0 Å². The van der Waals surface area contributed by atoms with E-state index in [9.17, 15) is 4.79 Å². The minimum atomic E-state index is -0.306. The molecule has 1 amide bonds. The van der Waals surface area contributed by atoms with E-state index in [0.717, 1.165) is 32.8 Å². The lowest BCUT2D eigenvalue weighted by molar-refractivity contribution is -0.119. The maximum Gasteiger partial charge on any atom is 0.231 e. The third-order valence-electron chi connectivity index (χ3n) is 3.03. The highest BCUT2D eigenvalue weighted by Gasteiger charge is 2.22. The molecule has 0 bridgehead atoms. The summed E-state index contributed by atoms with van der Waals surface area (Å²) in [4.78, 5) is 20.5. The number of rotatable bonds is 6. The Kier molecular flexibility index (Phi) is 5.26. The van der Waals surface area contributed by atoms with Crippen LogP contribution in [0.3, 0.4) is 0 Å². The molecule has 0 aromatic carbocycles. The van der Waals surface area contributed by atoms with Crippen molar-refractivity contribution in [3.05, 3.63) is 16.6 Å². The van der Waals surface area contributed by atoms with Gasteiger partial charge in [-0.15, -0.1) is 11.3 Å². The summed E-state index contributed by atoms with van der Waals surface area (Å²) >= 11 is 1.67. The number of thiazole rings is 1. The van der Waals surface area contributed by atoms with Crippen LogP contribution in [0.15, 0.2) is 11.7 Å². The Bertz CT molecular complexity index is 398. The molecule has 1 aromatic heterocycles. The van der Waals surface area contributed by atoms with Crippen molar-refractivity contribution in [3.63, 3.8) is 0 Å². The molecule has 2 heterocycles. The van der Waals surface area contributed by atoms with Gasteiger partial charge in [-0.1, -0.05) is 0 Å². The number of likely N-dealkylation sites (N-methyl/N-ethyl adjacent to an activating group) is 1. The molecule has 1 aliphatic rings. The second-order valence-corrected chi connectivity index (χ2v) is 5.83. The number of nitrogens with zero attached hydrogens (tertiary/aromatic N) is 3. The largest absolute Gasteiger partial charge is 0.374 e. The standard InChI is InChI=1S/C12H20N4O2S/c1-15(8-12(13)17)5-10-6-16(2-3-18-10)7-11-4-14-9-19-11/h4,9-10H,2-3,5-8H2,1H3,(H2,13,17). The number of hydrogen-bond donors (Lipinski definition) is 1. The summed E-state index contributed by atoms with van der Waals surface area (Å²) < 4.78 is 5.73. The molecular formula is C12H20N4O2S. The second-order valence-electron chi connectivity index (χ2n) is 4.86. The van der Waals surface area contributed by atoms with Crippen LogP contribution in [0.4, 0.5) is 0 Å². The van der Waals surface area contributed by atoms with E-state index in [0.29, 0.717) is 0 Å². The van der Waals surface area contributed by atoms with Crippen LogP contribution in [0.25, 0.3) is 0 Å². The number of aromatic nitrogens is 1. The van der Waals surface area contributed by atoms with Crippen molar-refractivity contribution in [3.8, 4) is 0 Å². The molecule has 1 aliphatic heterocycles. The number of carbonyl (C=O) groups excluding carboxylic acids is 1. The fourth-order valence-corrected chi connectivity index (χ4v) is 2.89. The maximum atomic E-state index is 10.9. The summed E-state index contributed by atoms with van der Waals surface area (Å²) in [5.74, 6) is -0.306. The van der Waals surface area contributed by atoms with Crippen LogP contribution in [-0.2, 0) is 16.1 Å². The average molecular weight is 284 g/mol. The molecule has 1 saturated heterocycles. The zero-order valence-electron chi connectivity index (χ0n) is 11.1. The third kappa shape index (κ3) is 4.87. The van der Waals surface area contributed by atoms with Crippen LogP contribution >= 0.6 is 11.3 Å². The average Bonchev–Trinajstić information content (AvgIpc) is 2.81. The van der Waals surface area contributed by atoms with Crippen LogP contribution in [-0.4, -0.2) is 66.6 Å². The molecule has 7 heteroatoms. The summed E-state index contributed by atoms with van der Waals surface area (Å²) in [5.41, 5.74) is 7.03. The molecule has 1 unspecified atom stereocenters. The molecule has 6 nitrogen and oxygen atoms in total. The highest BCUT2D eigenvalue weighted by Crippen LogP contribution is 2.13. The van der Waals surface area contributed by atoms with Gasteiger partial charge in [0.05, 0.1) is 24.8 Å². The Balaban J connectivity index is 1.78. The van der Waals surface area contributed by atoms with Gasteiger partial charge < -0.3 is 10.5 Å². The van der Waals surface area contributed by atoms with Gasteiger partial charge in [-0.05, 0) is 7.05 Å². The van der Waals surface area contributed by atoms with Gasteiger partial charge in [-0.3, -0.25) is 19.6 Å². The number of nitrogens with two attached hydrogens (primary N) is 1. The summed E-state index contributed by atoms with van der Waals surface area (Å²) in [6.45, 7) is 4.46. The molecule has 1 aromatic rings. The predicted octanol–water partition coefficient (Wildman–Crippen LogP) is -0.239. The number of primary amides is 1. The summed E-state index contributed by atoms with van der Waals surface area (Å²) in [6, 6.07) is 0. The van der Waals surface area contributed by atoms with Crippen LogP contribution in [0.2, 0.25) is 0 Å². The van der Waals surface area contributed by atoms with E-state index < -0.39 is 0 Å². The topological polar surface area (TPSA) is 71.7 Å². The molecule has 0 spiro atoms. The van der Waals surface area contributed by atoms with Crippen molar-refractivity contribution in [1.82, 2.24) is 14.8 Å². The first-order valence-corrected chi connectivity index (χ1v) is 7.19. The van der Waals surface area contributed by atoms with Crippen LogP contribution in [0.5, 0.6) is 0 Å². The van der Waals surface area contributed by atoms with E-state index in [2.05, 4.69) is 9.88 Å². The van der Waals surface area contributed by atoms with Gasteiger partial charge in [0.2, 0.25) is 5.91 Å². The van der Waals surface area contributed by atoms with E-state index in [-0.39, 0.29) is 18.6 Å². The Hall–Kier alpha value is -1.02. The fourth-order valence-electron chi connectivity index (χ4n) is 2.25. The Morgan fingerprint density at radius 1 is 1.74 bits per heavy atom. The first-order valence-electron chi connectivity index (χ1n) is 6.31. The number of carbonyl (C=O) groups is 1. The zero-order chi connectivity index (χ0) is 13.7. The minimum Gasteiger partial charge on any atom is -0.374 e. The van der Waals surface area contributed by atoms with Gasteiger partial charge in [0, 0.05) is 37.3 Å². The minimum absolute atomic E-state index is 0.131. The first-order chi connectivity index (χ1) is 9.13. The molecule has 2 rings (SSSR count). The van der Waals surface area contributed by atoms with Gasteiger partial charge in [-0.25, -0.2) is 0 Å². The van der Waals surface area contributed by atoms with E-state index in [1.165, 1.54) is 4.88 Å². The molecule has 1 atom stereocenters. The van der Waals surface area contributed by atoms with E-state index in [1.54, 1.807) is 11.3 Å². The van der Waals surface area contributed by atoms with Crippen LogP contribution in [0, 0.1) is 0 Å². The van der Waals surface area contributed by atoms with Gasteiger partial charge >= 0.3 is 0 Å². The lowest BCUT2D eigenvalue weighted by atomic mass is 10.2. The molecule has 0 radical (unpaired) electrons. The predicted molar refractivity (Wildman–Crippen MR) is 73.8 cm³/mol. The second kappa shape index (κ2) is 6.95. The molecule has 0 saturated carbocycles. The normalized spacial score (nSPS) is 20.8. The summed E-state index contributed by atoms with van der Waals surface area (Å²) in [7, 11) is 1.89. The van der Waals surface area contributed by atoms with Gasteiger partial charge in [0.15, 0.2) is 0 Å². The summed E-state index contributed by atoms with van der Waals surface area (Å²) in [5, 5.41) is 0. The van der Waals surface area contributed by atoms with Gasteiger partial charge in [0.25, 0.3) is 0 Å². The number of morpholine rings is 1. The van der Waals surface area contributed by atoms with Crippen molar-refractivity contribution in [2.45, 2.75) is 12.6 Å². The van der Waals surface area contributed by atoms with Crippen LogP contribution in [0.1, 0.15) is 4.88 Å². The number of ether oxygens (including phenoxy) is 1. The molecular weight excluding hydrogens is 264 g/mol. The highest BCUT2D eigenvalue weighted by atomic mass is 32.1. The van der Waals surface area contributed by atoms with Crippen LogP contribution < -0.4 is 5.73 Å². The van der Waals surface area contributed by atoms with E-state index in [1.807, 2.05) is 23.7 Å². The molecule has 0 aliphatic carbocycles. The van der Waals surface area contributed by atoms with Gasteiger partial charge in [0.1, 0.15) is 0 Å². The molecule has 2 N–H and O–H groups in total. The third-order valence-corrected chi connectivity index (χ3v) is 3.79. The lowest BCUT2D eigenvalue weighted by Crippen LogP contribution is -2.47. The first kappa shape index (κ1) is 14.4. The van der Waals surface area contributed by atoms with E-state index in [4.69, 9.17) is 10.5 Å². The fraction of sp³-hybridized carbons (Fsp3) is 0.667. The number of hydrogen-bond acceptors (Lipinski definition) is 6. The SMILES string of the molecule is CN(CC(N)=O)CC1CN(Cc2cncs2)CCO1.